The fraction of sp³-hybridized carbons (Fsp3) is 1.00. The lowest BCUT2D eigenvalue weighted by molar-refractivity contribution is -0.0556. The molecule has 0 aromatic heterocycles. The van der Waals surface area contributed by atoms with Gasteiger partial charge in [0.05, 0.1) is 13.2 Å². The molecular weight excluding hydrogens is 236 g/mol. The first-order chi connectivity index (χ1) is 9.30. The topological polar surface area (TPSA) is 38.5 Å². The summed E-state index contributed by atoms with van der Waals surface area (Å²) in [6.07, 6.45) is 8.02. The molecule has 1 saturated carbocycles. The van der Waals surface area contributed by atoms with E-state index in [-0.39, 0.29) is 0 Å². The van der Waals surface area contributed by atoms with Crippen LogP contribution in [0.15, 0.2) is 0 Å². The highest BCUT2D eigenvalue weighted by Gasteiger charge is 2.37. The number of morpholine rings is 1. The molecule has 3 heteroatoms. The second-order valence-corrected chi connectivity index (χ2v) is 6.41. The van der Waals surface area contributed by atoms with Crippen molar-refractivity contribution in [2.75, 3.05) is 26.3 Å². The van der Waals surface area contributed by atoms with Gasteiger partial charge >= 0.3 is 0 Å². The molecule has 1 saturated heterocycles. The minimum Gasteiger partial charge on any atom is -0.378 e. The van der Waals surface area contributed by atoms with E-state index in [1.165, 1.54) is 38.5 Å². The van der Waals surface area contributed by atoms with Crippen LogP contribution in [0.2, 0.25) is 0 Å². The Hall–Kier alpha value is -0.120. The van der Waals surface area contributed by atoms with Gasteiger partial charge in [-0.3, -0.25) is 4.90 Å². The molecule has 0 radical (unpaired) electrons. The predicted molar refractivity (Wildman–Crippen MR) is 80.2 cm³/mol. The molecule has 4 atom stereocenters. The molecule has 2 aliphatic rings. The molecule has 0 aromatic rings. The van der Waals surface area contributed by atoms with Gasteiger partial charge in [0.1, 0.15) is 0 Å². The first-order valence-corrected chi connectivity index (χ1v) is 8.33. The quantitative estimate of drug-likeness (QED) is 0.833. The number of hydrogen-bond donors (Lipinski definition) is 1. The van der Waals surface area contributed by atoms with E-state index in [0.29, 0.717) is 18.0 Å². The Balaban J connectivity index is 2.03. The van der Waals surface area contributed by atoms with Gasteiger partial charge in [0.25, 0.3) is 0 Å². The van der Waals surface area contributed by atoms with Crippen molar-refractivity contribution in [1.29, 1.82) is 0 Å². The van der Waals surface area contributed by atoms with Crippen molar-refractivity contribution in [3.05, 3.63) is 0 Å². The molecule has 0 spiro atoms. The molecule has 2 rings (SSSR count). The summed E-state index contributed by atoms with van der Waals surface area (Å²) in [6.45, 7) is 8.39. The number of nitrogens with zero attached hydrogens (tertiary/aromatic N) is 1. The molecule has 0 amide bonds. The zero-order valence-electron chi connectivity index (χ0n) is 12.8. The molecule has 1 aliphatic carbocycles. The fourth-order valence-electron chi connectivity index (χ4n) is 4.10. The summed E-state index contributed by atoms with van der Waals surface area (Å²) in [5.74, 6) is 1.64. The van der Waals surface area contributed by atoms with E-state index in [2.05, 4.69) is 18.7 Å². The standard InChI is InChI=1S/C16H32N2O/c1-3-5-13-6-7-14(11-17)16(10-13)18-8-9-19-12-15(18)4-2/h13-16H,3-12,17H2,1-2H3. The lowest BCUT2D eigenvalue weighted by Gasteiger charge is -2.47. The molecular formula is C16H32N2O. The minimum absolute atomic E-state index is 0.619. The maximum absolute atomic E-state index is 6.05. The Morgan fingerprint density at radius 1 is 1.26 bits per heavy atom. The van der Waals surface area contributed by atoms with Crippen LogP contribution in [0.25, 0.3) is 0 Å². The van der Waals surface area contributed by atoms with Gasteiger partial charge in [-0.2, -0.15) is 0 Å². The molecule has 0 aromatic carbocycles. The summed E-state index contributed by atoms with van der Waals surface area (Å²) in [7, 11) is 0. The lowest BCUT2D eigenvalue weighted by atomic mass is 9.75. The van der Waals surface area contributed by atoms with Gasteiger partial charge < -0.3 is 10.5 Å². The summed E-state index contributed by atoms with van der Waals surface area (Å²) in [4.78, 5) is 2.74. The van der Waals surface area contributed by atoms with Gasteiger partial charge in [0.15, 0.2) is 0 Å². The van der Waals surface area contributed by atoms with Crippen LogP contribution < -0.4 is 5.73 Å². The van der Waals surface area contributed by atoms with Crippen molar-refractivity contribution in [1.82, 2.24) is 4.90 Å². The second kappa shape index (κ2) is 7.61. The highest BCUT2D eigenvalue weighted by molar-refractivity contribution is 4.91. The maximum atomic E-state index is 6.05. The Morgan fingerprint density at radius 3 is 2.79 bits per heavy atom. The first-order valence-electron chi connectivity index (χ1n) is 8.33. The number of hydrogen-bond acceptors (Lipinski definition) is 3. The van der Waals surface area contributed by atoms with Gasteiger partial charge in [-0.05, 0) is 37.6 Å². The first kappa shape index (κ1) is 15.3. The van der Waals surface area contributed by atoms with Crippen molar-refractivity contribution in [2.24, 2.45) is 17.6 Å². The van der Waals surface area contributed by atoms with Crippen molar-refractivity contribution in [2.45, 2.75) is 64.5 Å². The maximum Gasteiger partial charge on any atom is 0.0622 e. The minimum atomic E-state index is 0.619. The van der Waals surface area contributed by atoms with Crippen LogP contribution in [0, 0.1) is 11.8 Å². The third-order valence-electron chi connectivity index (χ3n) is 5.23. The Bertz CT molecular complexity index is 259. The molecule has 3 nitrogen and oxygen atoms in total. The monoisotopic (exact) mass is 268 g/mol. The van der Waals surface area contributed by atoms with E-state index >= 15 is 0 Å². The van der Waals surface area contributed by atoms with Crippen LogP contribution >= 0.6 is 0 Å². The zero-order chi connectivity index (χ0) is 13.7. The fourth-order valence-corrected chi connectivity index (χ4v) is 4.10. The smallest absolute Gasteiger partial charge is 0.0622 e. The van der Waals surface area contributed by atoms with Crippen LogP contribution in [0.4, 0.5) is 0 Å². The summed E-state index contributed by atoms with van der Waals surface area (Å²) >= 11 is 0. The Kier molecular flexibility index (Phi) is 6.11. The summed E-state index contributed by atoms with van der Waals surface area (Å²) < 4.78 is 5.66. The Morgan fingerprint density at radius 2 is 2.11 bits per heavy atom. The van der Waals surface area contributed by atoms with Crippen molar-refractivity contribution in [3.8, 4) is 0 Å². The number of nitrogens with two attached hydrogens (primary N) is 1. The van der Waals surface area contributed by atoms with Crippen LogP contribution in [0.3, 0.4) is 0 Å². The summed E-state index contributed by atoms with van der Waals surface area (Å²) in [6, 6.07) is 1.33. The second-order valence-electron chi connectivity index (χ2n) is 6.41. The average Bonchev–Trinajstić information content (AvgIpc) is 2.47. The summed E-state index contributed by atoms with van der Waals surface area (Å²) in [5, 5.41) is 0. The molecule has 1 heterocycles. The van der Waals surface area contributed by atoms with E-state index in [0.717, 1.165) is 32.2 Å². The van der Waals surface area contributed by atoms with Crippen LogP contribution in [-0.2, 0) is 4.74 Å². The van der Waals surface area contributed by atoms with E-state index in [9.17, 15) is 0 Å². The van der Waals surface area contributed by atoms with Crippen molar-refractivity contribution < 1.29 is 4.74 Å². The lowest BCUT2D eigenvalue weighted by Crippen LogP contribution is -2.55. The predicted octanol–water partition coefficient (Wildman–Crippen LogP) is 2.64. The highest BCUT2D eigenvalue weighted by Crippen LogP contribution is 2.36. The molecule has 1 aliphatic heterocycles. The van der Waals surface area contributed by atoms with Crippen LogP contribution in [0.5, 0.6) is 0 Å². The van der Waals surface area contributed by atoms with E-state index < -0.39 is 0 Å². The largest absolute Gasteiger partial charge is 0.378 e. The van der Waals surface area contributed by atoms with Gasteiger partial charge in [-0.1, -0.05) is 33.1 Å². The van der Waals surface area contributed by atoms with E-state index in [4.69, 9.17) is 10.5 Å². The molecule has 4 unspecified atom stereocenters. The van der Waals surface area contributed by atoms with Crippen LogP contribution in [0.1, 0.15) is 52.4 Å². The molecule has 2 N–H and O–H groups in total. The van der Waals surface area contributed by atoms with E-state index in [1.807, 2.05) is 0 Å². The van der Waals surface area contributed by atoms with Crippen LogP contribution in [-0.4, -0.2) is 43.3 Å². The number of rotatable bonds is 5. The molecule has 0 bridgehead atoms. The molecule has 2 fully saturated rings. The normalized spacial score (nSPS) is 37.4. The average molecular weight is 268 g/mol. The third kappa shape index (κ3) is 3.71. The Labute approximate surface area is 118 Å². The highest BCUT2D eigenvalue weighted by atomic mass is 16.5. The van der Waals surface area contributed by atoms with Gasteiger partial charge in [-0.15, -0.1) is 0 Å². The summed E-state index contributed by atoms with van der Waals surface area (Å²) in [5.41, 5.74) is 6.05. The zero-order valence-corrected chi connectivity index (χ0v) is 12.8. The SMILES string of the molecule is CCCC1CCC(CN)C(N2CCOCC2CC)C1. The van der Waals surface area contributed by atoms with Crippen molar-refractivity contribution >= 4 is 0 Å². The van der Waals surface area contributed by atoms with E-state index in [1.54, 1.807) is 0 Å². The third-order valence-corrected chi connectivity index (χ3v) is 5.23. The van der Waals surface area contributed by atoms with Gasteiger partial charge in [0, 0.05) is 18.6 Å². The van der Waals surface area contributed by atoms with Gasteiger partial charge in [0.2, 0.25) is 0 Å². The molecule has 19 heavy (non-hydrogen) atoms. The van der Waals surface area contributed by atoms with Gasteiger partial charge in [-0.25, -0.2) is 0 Å². The van der Waals surface area contributed by atoms with Crippen molar-refractivity contribution in [3.63, 3.8) is 0 Å². The molecule has 112 valence electrons. The number of ether oxygens (including phenoxy) is 1.